The van der Waals surface area contributed by atoms with Gasteiger partial charge in [-0.05, 0) is 42.2 Å². The first-order valence-corrected chi connectivity index (χ1v) is 12.3. The van der Waals surface area contributed by atoms with Crippen LogP contribution in [0.5, 0.6) is 5.75 Å². The Morgan fingerprint density at radius 1 is 0.914 bits per heavy atom. The van der Waals surface area contributed by atoms with E-state index >= 15 is 0 Å². The average Bonchev–Trinajstić information content (AvgIpc) is 2.88. The van der Waals surface area contributed by atoms with E-state index in [-0.39, 0.29) is 18.2 Å². The van der Waals surface area contributed by atoms with E-state index < -0.39 is 6.04 Å². The van der Waals surface area contributed by atoms with Crippen LogP contribution in [0.4, 0.5) is 0 Å². The van der Waals surface area contributed by atoms with E-state index in [1.54, 1.807) is 12.0 Å². The van der Waals surface area contributed by atoms with Gasteiger partial charge >= 0.3 is 0 Å². The van der Waals surface area contributed by atoms with Crippen LogP contribution in [0, 0.1) is 6.92 Å². The summed E-state index contributed by atoms with van der Waals surface area (Å²) in [5.74, 6) is 0.520. The summed E-state index contributed by atoms with van der Waals surface area (Å²) in [7, 11) is 1.62. The van der Waals surface area contributed by atoms with Gasteiger partial charge in [0.15, 0.2) is 0 Å². The predicted molar refractivity (Wildman–Crippen MR) is 140 cm³/mol. The zero-order valence-corrected chi connectivity index (χ0v) is 21.0. The van der Waals surface area contributed by atoms with Gasteiger partial charge in [0.2, 0.25) is 11.8 Å². The van der Waals surface area contributed by atoms with Crippen molar-refractivity contribution in [2.45, 2.75) is 52.1 Å². The van der Waals surface area contributed by atoms with Crippen molar-refractivity contribution in [2.75, 3.05) is 13.7 Å². The molecule has 0 aliphatic rings. The Bertz CT molecular complexity index is 1080. The van der Waals surface area contributed by atoms with Crippen LogP contribution in [0.2, 0.25) is 0 Å². The van der Waals surface area contributed by atoms with Gasteiger partial charge in [0.05, 0.1) is 13.5 Å². The molecular weight excluding hydrogens is 436 g/mol. The predicted octanol–water partition coefficient (Wildman–Crippen LogP) is 5.10. The molecular formula is C30H36N2O3. The number of aryl methyl sites for hydroxylation is 1. The summed E-state index contributed by atoms with van der Waals surface area (Å²) in [6.07, 6.45) is 2.57. The molecule has 3 rings (SSSR count). The molecule has 5 nitrogen and oxygen atoms in total. The molecule has 35 heavy (non-hydrogen) atoms. The van der Waals surface area contributed by atoms with E-state index in [9.17, 15) is 9.59 Å². The number of unbranched alkanes of at least 4 members (excludes halogenated alkanes) is 1. The number of hydrogen-bond donors (Lipinski definition) is 1. The van der Waals surface area contributed by atoms with Gasteiger partial charge in [-0.3, -0.25) is 9.59 Å². The van der Waals surface area contributed by atoms with Crippen molar-refractivity contribution in [2.24, 2.45) is 0 Å². The normalized spacial score (nSPS) is 11.5. The number of hydrogen-bond acceptors (Lipinski definition) is 3. The smallest absolute Gasteiger partial charge is 0.243 e. The first-order chi connectivity index (χ1) is 17.0. The maximum atomic E-state index is 13.7. The number of nitrogens with one attached hydrogen (secondary N) is 1. The summed E-state index contributed by atoms with van der Waals surface area (Å²) in [5.41, 5.74) is 4.01. The molecule has 0 unspecified atom stereocenters. The monoisotopic (exact) mass is 472 g/mol. The van der Waals surface area contributed by atoms with Crippen LogP contribution in [0.1, 0.15) is 42.0 Å². The van der Waals surface area contributed by atoms with Gasteiger partial charge in [0, 0.05) is 19.5 Å². The largest absolute Gasteiger partial charge is 0.497 e. The van der Waals surface area contributed by atoms with Gasteiger partial charge in [-0.15, -0.1) is 0 Å². The van der Waals surface area contributed by atoms with E-state index in [2.05, 4.69) is 12.2 Å². The number of benzene rings is 3. The van der Waals surface area contributed by atoms with E-state index in [0.29, 0.717) is 19.5 Å². The Morgan fingerprint density at radius 3 is 2.31 bits per heavy atom. The third-order valence-electron chi connectivity index (χ3n) is 6.06. The molecule has 0 saturated carbocycles. The zero-order valence-electron chi connectivity index (χ0n) is 21.0. The lowest BCUT2D eigenvalue weighted by molar-refractivity contribution is -0.140. The molecule has 0 spiro atoms. The van der Waals surface area contributed by atoms with Crippen molar-refractivity contribution in [3.63, 3.8) is 0 Å². The van der Waals surface area contributed by atoms with Gasteiger partial charge in [-0.2, -0.15) is 0 Å². The second-order valence-corrected chi connectivity index (χ2v) is 8.89. The van der Waals surface area contributed by atoms with Crippen LogP contribution in [-0.2, 0) is 29.0 Å². The summed E-state index contributed by atoms with van der Waals surface area (Å²) >= 11 is 0. The van der Waals surface area contributed by atoms with Crippen molar-refractivity contribution in [3.8, 4) is 5.75 Å². The third kappa shape index (κ3) is 7.99. The van der Waals surface area contributed by atoms with Gasteiger partial charge in [0.1, 0.15) is 11.8 Å². The molecule has 0 fully saturated rings. The van der Waals surface area contributed by atoms with Crippen LogP contribution in [0.25, 0.3) is 0 Å². The van der Waals surface area contributed by atoms with Gasteiger partial charge in [0.25, 0.3) is 0 Å². The highest BCUT2D eigenvalue weighted by molar-refractivity contribution is 5.88. The molecule has 3 aromatic rings. The van der Waals surface area contributed by atoms with Crippen LogP contribution in [0.3, 0.4) is 0 Å². The standard InChI is InChI=1S/C30H36N2O3/c1-4-5-18-31-30(34)28(20-24-10-7-6-8-11-24)32(22-26-12-9-13-27(19-26)35-3)29(33)21-25-16-14-23(2)15-17-25/h6-17,19,28H,4-5,18,20-22H2,1-3H3,(H,31,34)/t28-/m0/s1. The number of ether oxygens (including phenoxy) is 1. The molecule has 0 aliphatic heterocycles. The Labute approximate surface area is 209 Å². The van der Waals surface area contributed by atoms with Crippen molar-refractivity contribution >= 4 is 11.8 Å². The minimum absolute atomic E-state index is 0.0803. The van der Waals surface area contributed by atoms with Crippen molar-refractivity contribution in [1.82, 2.24) is 10.2 Å². The van der Waals surface area contributed by atoms with Crippen molar-refractivity contribution in [1.29, 1.82) is 0 Å². The first-order valence-electron chi connectivity index (χ1n) is 12.3. The van der Waals surface area contributed by atoms with E-state index in [4.69, 9.17) is 4.74 Å². The van der Waals surface area contributed by atoms with E-state index in [1.807, 2.05) is 85.8 Å². The summed E-state index contributed by atoms with van der Waals surface area (Å²) < 4.78 is 5.39. The van der Waals surface area contributed by atoms with Gasteiger partial charge < -0.3 is 15.0 Å². The average molecular weight is 473 g/mol. The Hall–Kier alpha value is -3.60. The Morgan fingerprint density at radius 2 is 1.63 bits per heavy atom. The lowest BCUT2D eigenvalue weighted by Gasteiger charge is -2.32. The molecule has 0 radical (unpaired) electrons. The molecule has 184 valence electrons. The van der Waals surface area contributed by atoms with Crippen LogP contribution >= 0.6 is 0 Å². The second kappa shape index (κ2) is 13.3. The van der Waals surface area contributed by atoms with E-state index in [1.165, 1.54) is 0 Å². The summed E-state index contributed by atoms with van der Waals surface area (Å²) in [4.78, 5) is 28.9. The fourth-order valence-corrected chi connectivity index (χ4v) is 4.01. The molecule has 0 aliphatic carbocycles. The number of carbonyl (C=O) groups excluding carboxylic acids is 2. The SMILES string of the molecule is CCCCNC(=O)[C@H](Cc1ccccc1)N(Cc1cccc(OC)c1)C(=O)Cc1ccc(C)cc1. The molecule has 3 aromatic carbocycles. The minimum Gasteiger partial charge on any atom is -0.497 e. The van der Waals surface area contributed by atoms with Crippen molar-refractivity contribution in [3.05, 3.63) is 101 Å². The molecule has 2 amide bonds. The number of nitrogens with zero attached hydrogens (tertiary/aromatic N) is 1. The van der Waals surface area contributed by atoms with Crippen LogP contribution < -0.4 is 10.1 Å². The molecule has 0 bridgehead atoms. The Balaban J connectivity index is 1.94. The van der Waals surface area contributed by atoms with Crippen molar-refractivity contribution < 1.29 is 14.3 Å². The maximum absolute atomic E-state index is 13.7. The number of methoxy groups -OCH3 is 1. The van der Waals surface area contributed by atoms with Gasteiger partial charge in [-0.25, -0.2) is 0 Å². The first kappa shape index (κ1) is 26.0. The quantitative estimate of drug-likeness (QED) is 0.373. The molecule has 1 N–H and O–H groups in total. The van der Waals surface area contributed by atoms with Crippen LogP contribution in [0.15, 0.2) is 78.9 Å². The zero-order chi connectivity index (χ0) is 25.0. The molecule has 0 aromatic heterocycles. The minimum atomic E-state index is -0.626. The highest BCUT2D eigenvalue weighted by atomic mass is 16.5. The lowest BCUT2D eigenvalue weighted by Crippen LogP contribution is -2.51. The third-order valence-corrected chi connectivity index (χ3v) is 6.06. The fourth-order valence-electron chi connectivity index (χ4n) is 4.01. The van der Waals surface area contributed by atoms with E-state index in [0.717, 1.165) is 40.8 Å². The molecule has 0 saturated heterocycles. The molecule has 0 heterocycles. The van der Waals surface area contributed by atoms with Crippen LogP contribution in [-0.4, -0.2) is 36.4 Å². The fraction of sp³-hybridized carbons (Fsp3) is 0.333. The lowest BCUT2D eigenvalue weighted by atomic mass is 10.0. The Kier molecular flexibility index (Phi) is 9.91. The van der Waals surface area contributed by atoms with Gasteiger partial charge in [-0.1, -0.05) is 85.6 Å². The summed E-state index contributed by atoms with van der Waals surface area (Å²) in [6.45, 7) is 5.03. The topological polar surface area (TPSA) is 58.6 Å². The number of carbonyl (C=O) groups is 2. The summed E-state index contributed by atoms with van der Waals surface area (Å²) in [5, 5.41) is 3.06. The summed E-state index contributed by atoms with van der Waals surface area (Å²) in [6, 6.07) is 24.9. The maximum Gasteiger partial charge on any atom is 0.243 e. The highest BCUT2D eigenvalue weighted by Crippen LogP contribution is 2.19. The highest BCUT2D eigenvalue weighted by Gasteiger charge is 2.30. The molecule has 5 heteroatoms. The number of amides is 2. The molecule has 1 atom stereocenters. The second-order valence-electron chi connectivity index (χ2n) is 8.89. The number of rotatable bonds is 12.